The van der Waals surface area contributed by atoms with Crippen molar-refractivity contribution in [3.05, 3.63) is 22.7 Å². The first-order valence-corrected chi connectivity index (χ1v) is 6.91. The summed E-state index contributed by atoms with van der Waals surface area (Å²) in [6.45, 7) is 1.07. The van der Waals surface area contributed by atoms with Crippen LogP contribution in [-0.4, -0.2) is 25.4 Å². The summed E-state index contributed by atoms with van der Waals surface area (Å²) in [7, 11) is 2.00. The summed E-state index contributed by atoms with van der Waals surface area (Å²) in [6.07, 6.45) is 1.17. The Morgan fingerprint density at radius 2 is 2.47 bits per heavy atom. The maximum absolute atomic E-state index is 3.59. The maximum Gasteiger partial charge on any atom is 0.0625 e. The number of rotatable bonds is 3. The molecule has 1 heterocycles. The van der Waals surface area contributed by atoms with E-state index in [2.05, 4.69) is 44.8 Å². The van der Waals surface area contributed by atoms with Gasteiger partial charge in [0.05, 0.1) is 5.69 Å². The highest BCUT2D eigenvalue weighted by molar-refractivity contribution is 9.10. The first-order chi connectivity index (χ1) is 7.31. The van der Waals surface area contributed by atoms with Gasteiger partial charge in [-0.05, 0) is 48.1 Å². The third kappa shape index (κ3) is 2.68. The van der Waals surface area contributed by atoms with Gasteiger partial charge in [0.1, 0.15) is 0 Å². The molecule has 15 heavy (non-hydrogen) atoms. The number of nitrogens with one attached hydrogen (secondary N) is 2. The number of benzene rings is 1. The lowest BCUT2D eigenvalue weighted by Gasteiger charge is -2.27. The van der Waals surface area contributed by atoms with E-state index in [9.17, 15) is 0 Å². The van der Waals surface area contributed by atoms with Crippen LogP contribution in [0.5, 0.6) is 0 Å². The van der Waals surface area contributed by atoms with Crippen molar-refractivity contribution in [1.29, 1.82) is 0 Å². The molecule has 0 saturated carbocycles. The Kier molecular flexibility index (Phi) is 3.94. The van der Waals surface area contributed by atoms with Gasteiger partial charge in [-0.1, -0.05) is 6.07 Å². The SMILES string of the molecule is CNCCC1CSc2cccc(Br)c2N1. The molecule has 2 nitrogen and oxygen atoms in total. The number of hydrogen-bond acceptors (Lipinski definition) is 3. The fraction of sp³-hybridized carbons (Fsp3) is 0.455. The van der Waals surface area contributed by atoms with Crippen molar-refractivity contribution >= 4 is 33.4 Å². The second-order valence-corrected chi connectivity index (χ2v) is 5.57. The molecule has 0 radical (unpaired) electrons. The molecule has 1 unspecified atom stereocenters. The summed E-state index contributed by atoms with van der Waals surface area (Å²) in [5, 5.41) is 6.78. The molecule has 1 aromatic rings. The Bertz CT molecular complexity index is 343. The smallest absolute Gasteiger partial charge is 0.0625 e. The maximum atomic E-state index is 3.59. The van der Waals surface area contributed by atoms with Crippen LogP contribution in [-0.2, 0) is 0 Å². The molecular weight excluding hydrogens is 272 g/mol. The lowest BCUT2D eigenvalue weighted by molar-refractivity contribution is 0.657. The van der Waals surface area contributed by atoms with E-state index in [1.165, 1.54) is 21.5 Å². The third-order valence-corrected chi connectivity index (χ3v) is 4.39. The summed E-state index contributed by atoms with van der Waals surface area (Å²) in [5.74, 6) is 1.16. The Morgan fingerprint density at radius 3 is 3.27 bits per heavy atom. The van der Waals surface area contributed by atoms with Crippen LogP contribution in [0, 0.1) is 0 Å². The van der Waals surface area contributed by atoms with Gasteiger partial charge < -0.3 is 10.6 Å². The summed E-state index contributed by atoms with van der Waals surface area (Å²) < 4.78 is 1.17. The predicted octanol–water partition coefficient (Wildman–Crippen LogP) is 2.94. The molecule has 0 saturated heterocycles. The van der Waals surface area contributed by atoms with Crippen LogP contribution in [0.3, 0.4) is 0 Å². The van der Waals surface area contributed by atoms with Gasteiger partial charge >= 0.3 is 0 Å². The van der Waals surface area contributed by atoms with Crippen molar-refractivity contribution in [2.75, 3.05) is 24.7 Å². The topological polar surface area (TPSA) is 24.1 Å². The number of hydrogen-bond donors (Lipinski definition) is 2. The summed E-state index contributed by atoms with van der Waals surface area (Å²) in [4.78, 5) is 1.35. The zero-order valence-electron chi connectivity index (χ0n) is 8.72. The molecule has 0 bridgehead atoms. The zero-order chi connectivity index (χ0) is 10.7. The largest absolute Gasteiger partial charge is 0.380 e. The molecule has 1 aliphatic rings. The standard InChI is InChI=1S/C11H15BrN2S/c1-13-6-5-8-7-15-10-4-2-3-9(12)11(10)14-8/h2-4,8,13-14H,5-7H2,1H3. The predicted molar refractivity (Wildman–Crippen MR) is 70.8 cm³/mol. The molecule has 0 spiro atoms. The number of para-hydroxylation sites is 1. The average molecular weight is 287 g/mol. The third-order valence-electron chi connectivity index (χ3n) is 2.51. The van der Waals surface area contributed by atoms with Crippen molar-refractivity contribution in [2.45, 2.75) is 17.4 Å². The highest BCUT2D eigenvalue weighted by Gasteiger charge is 2.19. The molecule has 0 fully saturated rings. The molecular formula is C11H15BrN2S. The second-order valence-electron chi connectivity index (χ2n) is 3.66. The Hall–Kier alpha value is -0.190. The van der Waals surface area contributed by atoms with Crippen molar-refractivity contribution in [2.24, 2.45) is 0 Å². The molecule has 0 aromatic heterocycles. The van der Waals surface area contributed by atoms with Crippen LogP contribution in [0.4, 0.5) is 5.69 Å². The fourth-order valence-corrected chi connectivity index (χ4v) is 3.41. The van der Waals surface area contributed by atoms with E-state index in [0.29, 0.717) is 6.04 Å². The zero-order valence-corrected chi connectivity index (χ0v) is 11.1. The molecule has 1 atom stereocenters. The number of anilines is 1. The first kappa shape index (κ1) is 11.3. The van der Waals surface area contributed by atoms with Crippen LogP contribution in [0.25, 0.3) is 0 Å². The van der Waals surface area contributed by atoms with E-state index in [1.54, 1.807) is 0 Å². The molecule has 0 aliphatic carbocycles. The van der Waals surface area contributed by atoms with Crippen LogP contribution in [0.1, 0.15) is 6.42 Å². The van der Waals surface area contributed by atoms with Crippen LogP contribution >= 0.6 is 27.7 Å². The van der Waals surface area contributed by atoms with E-state index in [-0.39, 0.29) is 0 Å². The second kappa shape index (κ2) is 5.23. The van der Waals surface area contributed by atoms with Crippen molar-refractivity contribution in [3.63, 3.8) is 0 Å². The van der Waals surface area contributed by atoms with E-state index < -0.39 is 0 Å². The van der Waals surface area contributed by atoms with Gasteiger partial charge in [-0.3, -0.25) is 0 Å². The Balaban J connectivity index is 2.08. The van der Waals surface area contributed by atoms with Crippen molar-refractivity contribution in [1.82, 2.24) is 5.32 Å². The number of thioether (sulfide) groups is 1. The quantitative estimate of drug-likeness (QED) is 0.894. The lowest BCUT2D eigenvalue weighted by Crippen LogP contribution is -2.29. The molecule has 2 N–H and O–H groups in total. The van der Waals surface area contributed by atoms with E-state index in [0.717, 1.165) is 12.3 Å². The van der Waals surface area contributed by atoms with Gasteiger partial charge in [0, 0.05) is 21.2 Å². The summed E-state index contributed by atoms with van der Waals surface area (Å²) in [6, 6.07) is 6.93. The van der Waals surface area contributed by atoms with E-state index in [1.807, 2.05) is 18.8 Å². The van der Waals surface area contributed by atoms with Crippen molar-refractivity contribution in [3.8, 4) is 0 Å². The molecule has 1 aromatic carbocycles. The number of fused-ring (bicyclic) bond motifs is 1. The number of halogens is 1. The lowest BCUT2D eigenvalue weighted by atomic mass is 10.2. The molecule has 0 amide bonds. The Morgan fingerprint density at radius 1 is 1.60 bits per heavy atom. The highest BCUT2D eigenvalue weighted by atomic mass is 79.9. The van der Waals surface area contributed by atoms with Gasteiger partial charge in [-0.25, -0.2) is 0 Å². The minimum Gasteiger partial charge on any atom is -0.380 e. The van der Waals surface area contributed by atoms with Crippen LogP contribution in [0.15, 0.2) is 27.6 Å². The van der Waals surface area contributed by atoms with Gasteiger partial charge in [0.2, 0.25) is 0 Å². The molecule has 4 heteroatoms. The monoisotopic (exact) mass is 286 g/mol. The Labute approximate surface area is 103 Å². The normalized spacial score (nSPS) is 19.5. The van der Waals surface area contributed by atoms with E-state index in [4.69, 9.17) is 0 Å². The fourth-order valence-electron chi connectivity index (χ4n) is 1.67. The average Bonchev–Trinajstić information content (AvgIpc) is 2.27. The van der Waals surface area contributed by atoms with Crippen molar-refractivity contribution < 1.29 is 0 Å². The minimum atomic E-state index is 0.577. The molecule has 2 rings (SSSR count). The van der Waals surface area contributed by atoms with Gasteiger partial charge in [-0.15, -0.1) is 11.8 Å². The minimum absolute atomic E-state index is 0.577. The first-order valence-electron chi connectivity index (χ1n) is 5.13. The summed E-state index contributed by atoms with van der Waals surface area (Å²) >= 11 is 5.53. The molecule has 82 valence electrons. The van der Waals surface area contributed by atoms with Gasteiger partial charge in [0.25, 0.3) is 0 Å². The molecule has 1 aliphatic heterocycles. The highest BCUT2D eigenvalue weighted by Crippen LogP contribution is 2.38. The summed E-state index contributed by atoms with van der Waals surface area (Å²) in [5.41, 5.74) is 1.26. The van der Waals surface area contributed by atoms with Crippen LogP contribution in [0.2, 0.25) is 0 Å². The van der Waals surface area contributed by atoms with Gasteiger partial charge in [0.15, 0.2) is 0 Å². The van der Waals surface area contributed by atoms with E-state index >= 15 is 0 Å². The van der Waals surface area contributed by atoms with Gasteiger partial charge in [-0.2, -0.15) is 0 Å². The van der Waals surface area contributed by atoms with Crippen LogP contribution < -0.4 is 10.6 Å².